The van der Waals surface area contributed by atoms with Crippen molar-refractivity contribution < 1.29 is 0 Å². The summed E-state index contributed by atoms with van der Waals surface area (Å²) in [7, 11) is 0. The van der Waals surface area contributed by atoms with Crippen LogP contribution in [0, 0.1) is 0 Å². The number of allylic oxidation sites excluding steroid dienone is 1. The number of benzene rings is 2. The average molecular weight is 430 g/mol. The number of fused-ring (bicyclic) bond motifs is 2. The van der Waals surface area contributed by atoms with E-state index >= 15 is 0 Å². The van der Waals surface area contributed by atoms with Gasteiger partial charge in [-0.3, -0.25) is 0 Å². The van der Waals surface area contributed by atoms with Crippen LogP contribution < -0.4 is 4.90 Å². The molecule has 2 aromatic carbocycles. The summed E-state index contributed by atoms with van der Waals surface area (Å²) in [6, 6.07) is 18.6. The standard InChI is InChI=1S/C25H24ClN5/c1-17-13-25(2,3)31(23-11-7-5-9-21(17)23)16-20-15-30(29-28-20)14-19-12-18-8-4-6-10-22(18)27-24(19)26/h4-13,15H,14,16H2,1-3H3. The van der Waals surface area contributed by atoms with E-state index in [1.54, 1.807) is 0 Å². The van der Waals surface area contributed by atoms with Crippen molar-refractivity contribution in [1.82, 2.24) is 20.0 Å². The Morgan fingerprint density at radius 1 is 1.00 bits per heavy atom. The minimum absolute atomic E-state index is 0.117. The number of nitrogens with zero attached hydrogens (tertiary/aromatic N) is 5. The van der Waals surface area contributed by atoms with E-state index in [2.05, 4.69) is 77.4 Å². The number of para-hydroxylation sites is 2. The summed E-state index contributed by atoms with van der Waals surface area (Å²) in [6.45, 7) is 7.85. The third-order valence-electron chi connectivity index (χ3n) is 5.87. The first-order chi connectivity index (χ1) is 14.9. The molecule has 0 spiro atoms. The van der Waals surface area contributed by atoms with Crippen molar-refractivity contribution in [2.24, 2.45) is 0 Å². The second-order valence-electron chi connectivity index (χ2n) is 8.62. The van der Waals surface area contributed by atoms with E-state index in [4.69, 9.17) is 11.6 Å². The van der Waals surface area contributed by atoms with Gasteiger partial charge in [-0.2, -0.15) is 0 Å². The highest BCUT2D eigenvalue weighted by molar-refractivity contribution is 6.30. The lowest BCUT2D eigenvalue weighted by atomic mass is 9.89. The number of anilines is 1. The molecule has 0 radical (unpaired) electrons. The fourth-order valence-corrected chi connectivity index (χ4v) is 4.60. The number of hydrogen-bond acceptors (Lipinski definition) is 4. The Balaban J connectivity index is 1.41. The van der Waals surface area contributed by atoms with E-state index in [1.165, 1.54) is 16.8 Å². The third kappa shape index (κ3) is 3.70. The number of rotatable bonds is 4. The zero-order valence-electron chi connectivity index (χ0n) is 17.9. The second-order valence-corrected chi connectivity index (χ2v) is 8.98. The molecule has 31 heavy (non-hydrogen) atoms. The Morgan fingerprint density at radius 2 is 1.77 bits per heavy atom. The lowest BCUT2D eigenvalue weighted by Gasteiger charge is -2.42. The quantitative estimate of drug-likeness (QED) is 0.388. The van der Waals surface area contributed by atoms with E-state index in [0.717, 1.165) is 22.2 Å². The molecule has 0 saturated carbocycles. The smallest absolute Gasteiger partial charge is 0.134 e. The van der Waals surface area contributed by atoms with Crippen molar-refractivity contribution in [1.29, 1.82) is 0 Å². The van der Waals surface area contributed by atoms with E-state index in [1.807, 2.05) is 35.1 Å². The van der Waals surface area contributed by atoms with E-state index < -0.39 is 0 Å². The minimum Gasteiger partial charge on any atom is -0.356 e. The summed E-state index contributed by atoms with van der Waals surface area (Å²) in [5.74, 6) is 0. The zero-order chi connectivity index (χ0) is 21.6. The molecule has 1 aliphatic rings. The minimum atomic E-state index is -0.117. The highest BCUT2D eigenvalue weighted by atomic mass is 35.5. The van der Waals surface area contributed by atoms with Crippen molar-refractivity contribution in [2.75, 3.05) is 4.90 Å². The molecule has 0 atom stereocenters. The van der Waals surface area contributed by atoms with Gasteiger partial charge in [0.2, 0.25) is 0 Å². The molecule has 2 aromatic heterocycles. The van der Waals surface area contributed by atoms with Crippen LogP contribution in [-0.2, 0) is 13.1 Å². The lowest BCUT2D eigenvalue weighted by Crippen LogP contribution is -2.44. The van der Waals surface area contributed by atoms with E-state index in [-0.39, 0.29) is 5.54 Å². The van der Waals surface area contributed by atoms with Crippen LogP contribution in [-0.4, -0.2) is 25.5 Å². The number of hydrogen-bond donors (Lipinski definition) is 0. The Morgan fingerprint density at radius 3 is 2.65 bits per heavy atom. The van der Waals surface area contributed by atoms with Gasteiger partial charge >= 0.3 is 0 Å². The fraction of sp³-hybridized carbons (Fsp3) is 0.240. The van der Waals surface area contributed by atoms with Crippen molar-refractivity contribution in [3.8, 4) is 0 Å². The molecule has 0 bridgehead atoms. The van der Waals surface area contributed by atoms with Crippen molar-refractivity contribution in [3.63, 3.8) is 0 Å². The predicted molar refractivity (Wildman–Crippen MR) is 126 cm³/mol. The molecule has 1 aliphatic heterocycles. The van der Waals surface area contributed by atoms with Gasteiger partial charge in [0, 0.05) is 22.2 Å². The van der Waals surface area contributed by atoms with Gasteiger partial charge in [-0.15, -0.1) is 5.10 Å². The first kappa shape index (κ1) is 19.8. The maximum absolute atomic E-state index is 6.44. The molecule has 0 fully saturated rings. The highest BCUT2D eigenvalue weighted by Crippen LogP contribution is 2.39. The molecule has 156 valence electrons. The van der Waals surface area contributed by atoms with Crippen LogP contribution in [0.2, 0.25) is 5.15 Å². The van der Waals surface area contributed by atoms with Crippen LogP contribution in [0.3, 0.4) is 0 Å². The highest BCUT2D eigenvalue weighted by Gasteiger charge is 2.31. The van der Waals surface area contributed by atoms with Crippen LogP contribution in [0.4, 0.5) is 5.69 Å². The summed E-state index contributed by atoms with van der Waals surface area (Å²) in [5, 5.41) is 10.4. The maximum atomic E-state index is 6.44. The normalized spacial score (nSPS) is 15.1. The zero-order valence-corrected chi connectivity index (χ0v) is 18.6. The van der Waals surface area contributed by atoms with Gasteiger partial charge in [0.1, 0.15) is 10.8 Å². The Labute approximate surface area is 187 Å². The monoisotopic (exact) mass is 429 g/mol. The molecule has 0 aliphatic carbocycles. The number of aromatic nitrogens is 4. The van der Waals surface area contributed by atoms with Crippen molar-refractivity contribution in [2.45, 2.75) is 39.4 Å². The first-order valence-corrected chi connectivity index (χ1v) is 10.8. The summed E-state index contributed by atoms with van der Waals surface area (Å²) in [6.07, 6.45) is 4.32. The number of pyridine rings is 1. The summed E-state index contributed by atoms with van der Waals surface area (Å²) in [4.78, 5) is 6.90. The second kappa shape index (κ2) is 7.50. The molecule has 5 nitrogen and oxygen atoms in total. The SMILES string of the molecule is CC1=CC(C)(C)N(Cc2cn(Cc3cc4ccccc4nc3Cl)nn2)c2ccccc21. The predicted octanol–water partition coefficient (Wildman–Crippen LogP) is 5.73. The summed E-state index contributed by atoms with van der Waals surface area (Å²) < 4.78 is 1.83. The van der Waals surface area contributed by atoms with Gasteiger partial charge in [0.05, 0.1) is 30.3 Å². The Bertz CT molecular complexity index is 1300. The largest absolute Gasteiger partial charge is 0.356 e. The third-order valence-corrected chi connectivity index (χ3v) is 6.20. The van der Waals surface area contributed by atoms with E-state index in [0.29, 0.717) is 18.2 Å². The Kier molecular flexibility index (Phi) is 4.78. The van der Waals surface area contributed by atoms with Crippen molar-refractivity contribution in [3.05, 3.63) is 88.8 Å². The van der Waals surface area contributed by atoms with Crippen LogP contribution >= 0.6 is 11.6 Å². The summed E-state index contributed by atoms with van der Waals surface area (Å²) >= 11 is 6.44. The van der Waals surface area contributed by atoms with Crippen LogP contribution in [0.25, 0.3) is 16.5 Å². The first-order valence-electron chi connectivity index (χ1n) is 10.4. The average Bonchev–Trinajstić information content (AvgIpc) is 3.18. The molecular weight excluding hydrogens is 406 g/mol. The summed E-state index contributed by atoms with van der Waals surface area (Å²) in [5.41, 5.74) is 6.42. The van der Waals surface area contributed by atoms with Crippen molar-refractivity contribution >= 4 is 33.8 Å². The van der Waals surface area contributed by atoms with Crippen LogP contribution in [0.5, 0.6) is 0 Å². The van der Waals surface area contributed by atoms with Gasteiger partial charge in [0.25, 0.3) is 0 Å². The fourth-order valence-electron chi connectivity index (χ4n) is 4.40. The molecule has 4 aromatic rings. The molecular formula is C25H24ClN5. The van der Waals surface area contributed by atoms with Crippen LogP contribution in [0.15, 0.2) is 66.9 Å². The molecule has 0 N–H and O–H groups in total. The maximum Gasteiger partial charge on any atom is 0.134 e. The molecule has 5 rings (SSSR count). The molecule has 0 amide bonds. The topological polar surface area (TPSA) is 46.8 Å². The van der Waals surface area contributed by atoms with Gasteiger partial charge in [-0.05, 0) is 44.5 Å². The molecule has 3 heterocycles. The van der Waals surface area contributed by atoms with Gasteiger partial charge < -0.3 is 4.90 Å². The lowest BCUT2D eigenvalue weighted by molar-refractivity contribution is 0.547. The molecule has 6 heteroatoms. The molecule has 0 unspecified atom stereocenters. The van der Waals surface area contributed by atoms with Crippen LogP contribution in [0.1, 0.15) is 37.6 Å². The van der Waals surface area contributed by atoms with Gasteiger partial charge in [-0.25, -0.2) is 9.67 Å². The Hall–Kier alpha value is -3.18. The van der Waals surface area contributed by atoms with Gasteiger partial charge in [0.15, 0.2) is 0 Å². The van der Waals surface area contributed by atoms with E-state index in [9.17, 15) is 0 Å². The van der Waals surface area contributed by atoms with Gasteiger partial charge in [-0.1, -0.05) is 59.3 Å². The number of halogens is 1. The molecule has 0 saturated heterocycles.